The van der Waals surface area contributed by atoms with Crippen molar-refractivity contribution in [2.75, 3.05) is 26.0 Å². The van der Waals surface area contributed by atoms with E-state index in [1.807, 2.05) is 28.7 Å². The molecule has 4 rings (SSSR count). The molecule has 26 heavy (non-hydrogen) atoms. The number of sulfonamides is 1. The first kappa shape index (κ1) is 17.4. The van der Waals surface area contributed by atoms with E-state index in [-0.39, 0.29) is 6.54 Å². The van der Waals surface area contributed by atoms with Gasteiger partial charge in [0.2, 0.25) is 10.0 Å². The van der Waals surface area contributed by atoms with Crippen molar-refractivity contribution in [1.29, 1.82) is 0 Å². The van der Waals surface area contributed by atoms with E-state index >= 15 is 0 Å². The van der Waals surface area contributed by atoms with Gasteiger partial charge in [0, 0.05) is 19.3 Å². The summed E-state index contributed by atoms with van der Waals surface area (Å²) >= 11 is 6.10. The highest BCUT2D eigenvalue weighted by molar-refractivity contribution is 7.88. The third-order valence-corrected chi connectivity index (χ3v) is 5.82. The molecule has 3 aromatic heterocycles. The van der Waals surface area contributed by atoms with Crippen molar-refractivity contribution < 1.29 is 13.2 Å². The van der Waals surface area contributed by atoms with Crippen LogP contribution in [-0.4, -0.2) is 53.0 Å². The summed E-state index contributed by atoms with van der Waals surface area (Å²) in [6.45, 7) is 0.962. The van der Waals surface area contributed by atoms with Gasteiger partial charge >= 0.3 is 0 Å². The molecule has 0 aliphatic carbocycles. The zero-order valence-corrected chi connectivity index (χ0v) is 15.6. The summed E-state index contributed by atoms with van der Waals surface area (Å²) in [5.41, 5.74) is 2.99. The standard InChI is InChI=1S/C17H17ClN4O3S/c1-26(23,24)21-7-8-25-16(11-21)14-4-2-3-13(20-14)15-9-19-17-6-5-12(18)10-22(15)17/h2-6,9-10,16H,7-8,11H2,1H3. The molecule has 1 unspecified atom stereocenters. The van der Waals surface area contributed by atoms with Crippen LogP contribution in [0.5, 0.6) is 0 Å². The minimum Gasteiger partial charge on any atom is -0.369 e. The monoisotopic (exact) mass is 392 g/mol. The van der Waals surface area contributed by atoms with E-state index in [1.165, 1.54) is 10.6 Å². The Hall–Kier alpha value is -2.00. The molecule has 0 spiro atoms. The Labute approximate surface area is 156 Å². The van der Waals surface area contributed by atoms with E-state index in [9.17, 15) is 8.42 Å². The lowest BCUT2D eigenvalue weighted by Gasteiger charge is -2.30. The maximum atomic E-state index is 11.8. The number of nitrogens with zero attached hydrogens (tertiary/aromatic N) is 4. The van der Waals surface area contributed by atoms with E-state index < -0.39 is 16.1 Å². The molecule has 1 atom stereocenters. The minimum atomic E-state index is -3.26. The van der Waals surface area contributed by atoms with Crippen LogP contribution in [0.25, 0.3) is 17.0 Å². The van der Waals surface area contributed by atoms with Crippen LogP contribution in [0.15, 0.2) is 42.7 Å². The summed E-state index contributed by atoms with van der Waals surface area (Å²) < 4.78 is 32.7. The van der Waals surface area contributed by atoms with Gasteiger partial charge in [0.05, 0.1) is 41.2 Å². The average Bonchev–Trinajstić information content (AvgIpc) is 3.04. The Morgan fingerprint density at radius 3 is 2.92 bits per heavy atom. The molecule has 136 valence electrons. The average molecular weight is 393 g/mol. The smallest absolute Gasteiger partial charge is 0.211 e. The highest BCUT2D eigenvalue weighted by Crippen LogP contribution is 2.26. The van der Waals surface area contributed by atoms with E-state index in [4.69, 9.17) is 16.3 Å². The highest BCUT2D eigenvalue weighted by Gasteiger charge is 2.28. The van der Waals surface area contributed by atoms with Crippen molar-refractivity contribution in [2.24, 2.45) is 0 Å². The van der Waals surface area contributed by atoms with Gasteiger partial charge in [-0.2, -0.15) is 4.31 Å². The molecule has 0 N–H and O–H groups in total. The zero-order chi connectivity index (χ0) is 18.3. The van der Waals surface area contributed by atoms with Crippen LogP contribution in [0.1, 0.15) is 11.8 Å². The molecule has 1 saturated heterocycles. The van der Waals surface area contributed by atoms with Gasteiger partial charge in [-0.25, -0.2) is 18.4 Å². The van der Waals surface area contributed by atoms with E-state index in [0.717, 1.165) is 17.0 Å². The molecule has 0 radical (unpaired) electrons. The van der Waals surface area contributed by atoms with Gasteiger partial charge in [0.25, 0.3) is 0 Å². The van der Waals surface area contributed by atoms with Crippen molar-refractivity contribution in [3.8, 4) is 11.4 Å². The van der Waals surface area contributed by atoms with E-state index in [2.05, 4.69) is 9.97 Å². The summed E-state index contributed by atoms with van der Waals surface area (Å²) in [5, 5.41) is 0.604. The number of fused-ring (bicyclic) bond motifs is 1. The topological polar surface area (TPSA) is 76.8 Å². The third kappa shape index (κ3) is 3.33. The molecule has 0 aromatic carbocycles. The molecule has 7 nitrogen and oxygen atoms in total. The Morgan fingerprint density at radius 2 is 2.12 bits per heavy atom. The first-order chi connectivity index (χ1) is 12.4. The Morgan fingerprint density at radius 1 is 1.27 bits per heavy atom. The zero-order valence-electron chi connectivity index (χ0n) is 14.0. The van der Waals surface area contributed by atoms with Crippen LogP contribution in [0.4, 0.5) is 0 Å². The number of rotatable bonds is 3. The van der Waals surface area contributed by atoms with E-state index in [1.54, 1.807) is 18.5 Å². The largest absolute Gasteiger partial charge is 0.369 e. The van der Waals surface area contributed by atoms with Gasteiger partial charge in [0.1, 0.15) is 11.8 Å². The summed E-state index contributed by atoms with van der Waals surface area (Å²) in [6.07, 6.45) is 4.33. The normalized spacial score (nSPS) is 19.1. The lowest BCUT2D eigenvalue weighted by molar-refractivity contribution is -0.00467. The second kappa shape index (κ2) is 6.62. The maximum Gasteiger partial charge on any atom is 0.211 e. The van der Waals surface area contributed by atoms with Crippen LogP contribution >= 0.6 is 11.6 Å². The highest BCUT2D eigenvalue weighted by atomic mass is 35.5. The minimum absolute atomic E-state index is 0.258. The number of ether oxygens (including phenoxy) is 1. The first-order valence-electron chi connectivity index (χ1n) is 8.08. The summed E-state index contributed by atoms with van der Waals surface area (Å²) in [7, 11) is -3.26. The van der Waals surface area contributed by atoms with Crippen molar-refractivity contribution >= 4 is 27.3 Å². The molecule has 1 aliphatic heterocycles. The number of aromatic nitrogens is 3. The predicted molar refractivity (Wildman–Crippen MR) is 98.5 cm³/mol. The number of pyridine rings is 2. The lowest BCUT2D eigenvalue weighted by Crippen LogP contribution is -2.41. The number of halogens is 1. The van der Waals surface area contributed by atoms with Crippen LogP contribution in [-0.2, 0) is 14.8 Å². The quantitative estimate of drug-likeness (QED) is 0.684. The number of imidazole rings is 1. The fourth-order valence-electron chi connectivity index (χ4n) is 3.02. The Bertz CT molecular complexity index is 1070. The molecule has 3 aromatic rings. The Balaban J connectivity index is 1.69. The molecule has 1 fully saturated rings. The number of hydrogen-bond donors (Lipinski definition) is 0. The molecule has 4 heterocycles. The van der Waals surface area contributed by atoms with Gasteiger partial charge in [-0.15, -0.1) is 0 Å². The Kier molecular flexibility index (Phi) is 4.44. The number of hydrogen-bond acceptors (Lipinski definition) is 5. The summed E-state index contributed by atoms with van der Waals surface area (Å²) in [4.78, 5) is 9.05. The molecule has 0 bridgehead atoms. The van der Waals surface area contributed by atoms with Crippen molar-refractivity contribution in [1.82, 2.24) is 18.7 Å². The second-order valence-corrected chi connectivity index (χ2v) is 8.57. The van der Waals surface area contributed by atoms with Crippen LogP contribution in [0, 0.1) is 0 Å². The van der Waals surface area contributed by atoms with Crippen LogP contribution in [0.3, 0.4) is 0 Å². The fourth-order valence-corrected chi connectivity index (χ4v) is 4.00. The molecular weight excluding hydrogens is 376 g/mol. The van der Waals surface area contributed by atoms with Gasteiger partial charge < -0.3 is 4.74 Å². The van der Waals surface area contributed by atoms with Crippen LogP contribution in [0.2, 0.25) is 5.02 Å². The van der Waals surface area contributed by atoms with Crippen molar-refractivity contribution in [3.05, 3.63) is 53.4 Å². The first-order valence-corrected chi connectivity index (χ1v) is 10.3. The van der Waals surface area contributed by atoms with Crippen LogP contribution < -0.4 is 0 Å². The lowest BCUT2D eigenvalue weighted by atomic mass is 10.2. The third-order valence-electron chi connectivity index (χ3n) is 4.33. The SMILES string of the molecule is CS(=O)(=O)N1CCOC(c2cccc(-c3cnc4ccc(Cl)cn34)n2)C1. The van der Waals surface area contributed by atoms with Gasteiger partial charge in [-0.1, -0.05) is 17.7 Å². The number of morpholine rings is 1. The van der Waals surface area contributed by atoms with Gasteiger partial charge in [0.15, 0.2) is 0 Å². The van der Waals surface area contributed by atoms with E-state index in [0.29, 0.717) is 23.9 Å². The predicted octanol–water partition coefficient (Wildman–Crippen LogP) is 2.38. The van der Waals surface area contributed by atoms with Crippen molar-refractivity contribution in [3.63, 3.8) is 0 Å². The maximum absolute atomic E-state index is 11.8. The summed E-state index contributed by atoms with van der Waals surface area (Å²) in [6, 6.07) is 9.22. The fraction of sp³-hybridized carbons (Fsp3) is 0.294. The molecule has 9 heteroatoms. The summed E-state index contributed by atoms with van der Waals surface area (Å²) in [5.74, 6) is 0. The molecular formula is C17H17ClN4O3S. The van der Waals surface area contributed by atoms with Crippen molar-refractivity contribution in [2.45, 2.75) is 6.10 Å². The molecule has 1 aliphatic rings. The molecule has 0 saturated carbocycles. The second-order valence-electron chi connectivity index (χ2n) is 6.15. The van der Waals surface area contributed by atoms with Gasteiger partial charge in [-0.3, -0.25) is 4.40 Å². The van der Waals surface area contributed by atoms with Gasteiger partial charge in [-0.05, 0) is 24.3 Å². The molecule has 0 amide bonds.